The molecule has 1 aliphatic heterocycles. The number of nitrogens with one attached hydrogen (secondary N) is 1. The van der Waals surface area contributed by atoms with Crippen molar-refractivity contribution in [3.63, 3.8) is 0 Å². The number of imide groups is 1. The molecule has 0 saturated carbocycles. The number of rotatable bonds is 7. The van der Waals surface area contributed by atoms with Crippen molar-refractivity contribution in [2.75, 3.05) is 23.9 Å². The maximum Gasteiger partial charge on any atom is 0.282 e. The van der Waals surface area contributed by atoms with Crippen LogP contribution in [0.3, 0.4) is 0 Å². The number of halogens is 1. The van der Waals surface area contributed by atoms with Crippen molar-refractivity contribution < 1.29 is 23.5 Å². The summed E-state index contributed by atoms with van der Waals surface area (Å²) in [7, 11) is 1.51. The van der Waals surface area contributed by atoms with Crippen molar-refractivity contribution in [2.24, 2.45) is 0 Å². The fourth-order valence-electron chi connectivity index (χ4n) is 3.46. The van der Waals surface area contributed by atoms with Crippen molar-refractivity contribution in [3.8, 4) is 11.5 Å². The maximum absolute atomic E-state index is 13.5. The van der Waals surface area contributed by atoms with E-state index >= 15 is 0 Å². The smallest absolute Gasteiger partial charge is 0.282 e. The minimum absolute atomic E-state index is 0.105. The molecule has 32 heavy (non-hydrogen) atoms. The summed E-state index contributed by atoms with van der Waals surface area (Å²) in [5.41, 5.74) is 1.68. The Kier molecular flexibility index (Phi) is 5.89. The molecule has 3 aromatic carbocycles. The van der Waals surface area contributed by atoms with Crippen molar-refractivity contribution in [2.45, 2.75) is 6.92 Å². The standard InChI is InChI=1S/C25H21FN2O4/c1-3-32-20-13-11-18(12-14-20)27-23-22(16-7-9-17(26)10-8-16)24(29)28(25(23)30)19-5-4-6-21(15-19)31-2/h4-15,27H,3H2,1-2H3. The van der Waals surface area contributed by atoms with Gasteiger partial charge in [-0.05, 0) is 61.0 Å². The molecule has 162 valence electrons. The Morgan fingerprint density at radius 1 is 0.906 bits per heavy atom. The summed E-state index contributed by atoms with van der Waals surface area (Å²) in [6.07, 6.45) is 0. The van der Waals surface area contributed by atoms with Crippen LogP contribution in [0.5, 0.6) is 11.5 Å². The van der Waals surface area contributed by atoms with Gasteiger partial charge < -0.3 is 14.8 Å². The lowest BCUT2D eigenvalue weighted by atomic mass is 10.0. The Labute approximate surface area is 184 Å². The highest BCUT2D eigenvalue weighted by Gasteiger charge is 2.40. The molecule has 0 radical (unpaired) electrons. The Bertz CT molecular complexity index is 1190. The van der Waals surface area contributed by atoms with Crippen LogP contribution in [0.1, 0.15) is 12.5 Å². The molecule has 0 fully saturated rings. The molecule has 1 aliphatic rings. The second kappa shape index (κ2) is 8.93. The predicted octanol–water partition coefficient (Wildman–Crippen LogP) is 4.63. The summed E-state index contributed by atoms with van der Waals surface area (Å²) in [5, 5.41) is 3.07. The first-order chi connectivity index (χ1) is 15.5. The van der Waals surface area contributed by atoms with Crippen LogP contribution in [0, 0.1) is 5.82 Å². The second-order valence-electron chi connectivity index (χ2n) is 6.99. The molecule has 6 nitrogen and oxygen atoms in total. The Morgan fingerprint density at radius 3 is 2.28 bits per heavy atom. The van der Waals surface area contributed by atoms with Gasteiger partial charge in [-0.15, -0.1) is 0 Å². The van der Waals surface area contributed by atoms with Gasteiger partial charge >= 0.3 is 0 Å². The highest BCUT2D eigenvalue weighted by Crippen LogP contribution is 2.35. The number of ether oxygens (including phenoxy) is 2. The first-order valence-corrected chi connectivity index (χ1v) is 10.0. The summed E-state index contributed by atoms with van der Waals surface area (Å²) in [6.45, 7) is 2.43. The summed E-state index contributed by atoms with van der Waals surface area (Å²) in [6, 6.07) is 19.2. The fraction of sp³-hybridized carbons (Fsp3) is 0.120. The Morgan fingerprint density at radius 2 is 1.62 bits per heavy atom. The number of hydrogen-bond donors (Lipinski definition) is 1. The second-order valence-corrected chi connectivity index (χ2v) is 6.99. The van der Waals surface area contributed by atoms with Crippen LogP contribution in [0.25, 0.3) is 5.57 Å². The van der Waals surface area contributed by atoms with Gasteiger partial charge in [-0.25, -0.2) is 9.29 Å². The van der Waals surface area contributed by atoms with Crippen molar-refractivity contribution >= 4 is 28.8 Å². The number of amides is 2. The molecular formula is C25H21FN2O4. The van der Waals surface area contributed by atoms with Gasteiger partial charge in [0.15, 0.2) is 0 Å². The van der Waals surface area contributed by atoms with Gasteiger partial charge in [-0.2, -0.15) is 0 Å². The van der Waals surface area contributed by atoms with Gasteiger partial charge in [0, 0.05) is 11.8 Å². The van der Waals surface area contributed by atoms with E-state index in [0.29, 0.717) is 35.0 Å². The SMILES string of the molecule is CCOc1ccc(NC2=C(c3ccc(F)cc3)C(=O)N(c3cccc(OC)c3)C2=O)cc1. The number of nitrogens with zero attached hydrogens (tertiary/aromatic N) is 1. The van der Waals surface area contributed by atoms with Gasteiger partial charge in [-0.3, -0.25) is 9.59 Å². The van der Waals surface area contributed by atoms with E-state index < -0.39 is 17.6 Å². The zero-order valence-corrected chi connectivity index (χ0v) is 17.6. The van der Waals surface area contributed by atoms with Crippen LogP contribution < -0.4 is 19.7 Å². The average Bonchev–Trinajstić information content (AvgIpc) is 3.05. The third kappa shape index (κ3) is 4.05. The molecule has 2 amide bonds. The lowest BCUT2D eigenvalue weighted by Gasteiger charge is -2.16. The van der Waals surface area contributed by atoms with Gasteiger partial charge in [0.2, 0.25) is 0 Å². The van der Waals surface area contributed by atoms with Crippen LogP contribution >= 0.6 is 0 Å². The third-order valence-electron chi connectivity index (χ3n) is 4.96. The minimum atomic E-state index is -0.517. The lowest BCUT2D eigenvalue weighted by molar-refractivity contribution is -0.120. The topological polar surface area (TPSA) is 67.9 Å². The number of hydrogen-bond acceptors (Lipinski definition) is 5. The average molecular weight is 432 g/mol. The molecule has 0 saturated heterocycles. The first kappa shape index (κ1) is 21.1. The number of carbonyl (C=O) groups excluding carboxylic acids is 2. The van der Waals surface area contributed by atoms with Gasteiger partial charge in [-0.1, -0.05) is 18.2 Å². The summed E-state index contributed by atoms with van der Waals surface area (Å²) < 4.78 is 24.2. The summed E-state index contributed by atoms with van der Waals surface area (Å²) >= 11 is 0. The van der Waals surface area contributed by atoms with E-state index in [1.165, 1.54) is 31.4 Å². The molecular weight excluding hydrogens is 411 g/mol. The molecule has 3 aromatic rings. The highest BCUT2D eigenvalue weighted by molar-refractivity contribution is 6.46. The Balaban J connectivity index is 1.76. The van der Waals surface area contributed by atoms with E-state index in [2.05, 4.69) is 5.32 Å². The largest absolute Gasteiger partial charge is 0.497 e. The lowest BCUT2D eigenvalue weighted by Crippen LogP contribution is -2.32. The zero-order valence-electron chi connectivity index (χ0n) is 17.6. The van der Waals surface area contributed by atoms with Crippen molar-refractivity contribution in [3.05, 3.63) is 89.9 Å². The van der Waals surface area contributed by atoms with Gasteiger partial charge in [0.1, 0.15) is 23.0 Å². The van der Waals surface area contributed by atoms with E-state index in [1.54, 1.807) is 48.5 Å². The number of carbonyl (C=O) groups is 2. The number of benzene rings is 3. The van der Waals surface area contributed by atoms with Crippen LogP contribution in [0.15, 0.2) is 78.5 Å². The maximum atomic E-state index is 13.5. The van der Waals surface area contributed by atoms with Crippen LogP contribution in [0.4, 0.5) is 15.8 Å². The molecule has 1 heterocycles. The summed E-state index contributed by atoms with van der Waals surface area (Å²) in [4.78, 5) is 27.9. The quantitative estimate of drug-likeness (QED) is 0.552. The minimum Gasteiger partial charge on any atom is -0.497 e. The van der Waals surface area contributed by atoms with Crippen LogP contribution in [0.2, 0.25) is 0 Å². The third-order valence-corrected chi connectivity index (χ3v) is 4.96. The van der Waals surface area contributed by atoms with E-state index in [1.807, 2.05) is 6.92 Å². The molecule has 1 N–H and O–H groups in total. The monoisotopic (exact) mass is 432 g/mol. The number of anilines is 2. The fourth-order valence-corrected chi connectivity index (χ4v) is 3.46. The molecule has 0 aliphatic carbocycles. The normalized spacial score (nSPS) is 13.5. The molecule has 0 aromatic heterocycles. The van der Waals surface area contributed by atoms with Crippen LogP contribution in [-0.4, -0.2) is 25.5 Å². The van der Waals surface area contributed by atoms with E-state index in [9.17, 15) is 14.0 Å². The van der Waals surface area contributed by atoms with Gasteiger partial charge in [0.05, 0.1) is 25.0 Å². The van der Waals surface area contributed by atoms with E-state index in [4.69, 9.17) is 9.47 Å². The first-order valence-electron chi connectivity index (χ1n) is 10.0. The molecule has 0 unspecified atom stereocenters. The molecule has 0 spiro atoms. The van der Waals surface area contributed by atoms with E-state index in [0.717, 1.165) is 4.90 Å². The van der Waals surface area contributed by atoms with E-state index in [-0.39, 0.29) is 11.3 Å². The molecule has 7 heteroatoms. The number of methoxy groups -OCH3 is 1. The molecule has 4 rings (SSSR count). The molecule has 0 atom stereocenters. The Hall–Kier alpha value is -4.13. The van der Waals surface area contributed by atoms with Crippen LogP contribution in [-0.2, 0) is 9.59 Å². The molecule has 0 bridgehead atoms. The predicted molar refractivity (Wildman–Crippen MR) is 120 cm³/mol. The van der Waals surface area contributed by atoms with Crippen molar-refractivity contribution in [1.29, 1.82) is 0 Å². The van der Waals surface area contributed by atoms with Crippen molar-refractivity contribution in [1.82, 2.24) is 0 Å². The van der Waals surface area contributed by atoms with Gasteiger partial charge in [0.25, 0.3) is 11.8 Å². The summed E-state index contributed by atoms with van der Waals surface area (Å²) in [5.74, 6) is -0.256. The zero-order chi connectivity index (χ0) is 22.7. The highest BCUT2D eigenvalue weighted by atomic mass is 19.1.